The maximum Gasteiger partial charge on any atom is 0.416 e. The summed E-state index contributed by atoms with van der Waals surface area (Å²) < 4.78 is 92.7. The maximum absolute atomic E-state index is 15.3. The van der Waals surface area contributed by atoms with Crippen LogP contribution in [-0.2, 0) is 11.0 Å². The summed E-state index contributed by atoms with van der Waals surface area (Å²) in [5.74, 6) is -0.239. The Labute approximate surface area is 393 Å². The van der Waals surface area contributed by atoms with Crippen molar-refractivity contribution in [1.82, 2.24) is 29.7 Å². The van der Waals surface area contributed by atoms with E-state index in [9.17, 15) is 13.6 Å². The van der Waals surface area contributed by atoms with Gasteiger partial charge in [-0.2, -0.15) is 13.2 Å². The summed E-state index contributed by atoms with van der Waals surface area (Å²) in [7, 11) is 3.01. The quantitative estimate of drug-likeness (QED) is 0.0415. The molecule has 5 atom stereocenters. The van der Waals surface area contributed by atoms with Crippen LogP contribution < -0.4 is 30.2 Å². The van der Waals surface area contributed by atoms with Gasteiger partial charge in [0, 0.05) is 78.7 Å². The van der Waals surface area contributed by atoms with E-state index in [2.05, 4.69) is 49.0 Å². The van der Waals surface area contributed by atoms with Crippen molar-refractivity contribution in [3.8, 4) is 17.2 Å². The summed E-state index contributed by atoms with van der Waals surface area (Å²) in [5.41, 5.74) is 0.771. The van der Waals surface area contributed by atoms with E-state index in [0.717, 1.165) is 25.0 Å². The van der Waals surface area contributed by atoms with Gasteiger partial charge in [-0.25, -0.2) is 28.7 Å². The number of likely N-dealkylation sites (tertiary alicyclic amines) is 1. The first-order chi connectivity index (χ1) is 32.8. The zero-order valence-electron chi connectivity index (χ0n) is 37.0. The molecule has 6 aromatic rings. The predicted octanol–water partition coefficient (Wildman–Crippen LogP) is 10.9. The van der Waals surface area contributed by atoms with Gasteiger partial charge < -0.3 is 35.1 Å². The zero-order chi connectivity index (χ0) is 47.9. The van der Waals surface area contributed by atoms with E-state index in [0.29, 0.717) is 77.1 Å². The number of aromatic nitrogens is 4. The zero-order valence-corrected chi connectivity index (χ0v) is 37.8. The van der Waals surface area contributed by atoms with E-state index in [4.69, 9.17) is 25.8 Å². The minimum absolute atomic E-state index is 0.0351. The number of methoxy groups -OCH3 is 2. The molecule has 0 aliphatic carbocycles. The van der Waals surface area contributed by atoms with Crippen LogP contribution in [0.15, 0.2) is 92.6 Å². The molecule has 1 amide bonds. The van der Waals surface area contributed by atoms with Crippen LogP contribution in [0.25, 0.3) is 21.8 Å². The molecule has 3 N–H and O–H groups in total. The van der Waals surface area contributed by atoms with E-state index in [1.807, 2.05) is 9.80 Å². The summed E-state index contributed by atoms with van der Waals surface area (Å²) >= 11 is 5.83. The Morgan fingerprint density at radius 3 is 2.16 bits per heavy atom. The van der Waals surface area contributed by atoms with Crippen LogP contribution in [0.3, 0.4) is 0 Å². The molecular formula is C49H47ClF5N9O4. The lowest BCUT2D eigenvalue weighted by atomic mass is 9.88. The number of carbonyl (C=O) groups excluding carboxylic acids is 1. The Hall–Kier alpha value is -6.79. The number of benzene rings is 4. The van der Waals surface area contributed by atoms with E-state index in [-0.39, 0.29) is 65.1 Å². The number of rotatable bonds is 14. The van der Waals surface area contributed by atoms with Crippen LogP contribution in [0.2, 0.25) is 5.02 Å². The van der Waals surface area contributed by atoms with Crippen LogP contribution in [0.5, 0.6) is 17.2 Å². The molecule has 68 heavy (non-hydrogen) atoms. The number of fused-ring (bicyclic) bond motifs is 4. The molecule has 0 radical (unpaired) electrons. The number of amides is 1. The Balaban J connectivity index is 0.987. The number of nitrogens with one attached hydrogen (secondary N) is 3. The molecule has 2 aromatic heterocycles. The van der Waals surface area contributed by atoms with Crippen LogP contribution >= 0.6 is 11.6 Å². The standard InChI is InChI=1S/C49H47ClF5N9O4/c1-5-14-63-15-13-27(60-39-20-32-37(22-41(39)66-3)56-25-59-48(32)62-36-12-11-35(51)45(50)46(36)52)17-40(63)31-10-7-26(16-34(31)49(53,54)55)61-47-33-21-43(42(67-4)23-38(33)57-24-58-47)68-30-18-28-8-9-29(19-30)64(28)44(65)6-2/h5-7,10-12,16,20-25,27-30,40,60H,1-2,8-9,13-15,17-19H2,3-4H3,(H,56,59,62)(H,57,58,61)/t27-,28-,29+,30?,40?/m0/s1. The summed E-state index contributed by atoms with van der Waals surface area (Å²) in [6.45, 7) is 8.33. The Morgan fingerprint density at radius 1 is 0.824 bits per heavy atom. The van der Waals surface area contributed by atoms with Gasteiger partial charge >= 0.3 is 6.18 Å². The number of hydrogen-bond donors (Lipinski definition) is 3. The number of anilines is 5. The molecule has 3 aliphatic heterocycles. The van der Waals surface area contributed by atoms with Crippen LogP contribution in [0, 0.1) is 11.6 Å². The van der Waals surface area contributed by atoms with Crippen LogP contribution in [0.4, 0.5) is 50.6 Å². The highest BCUT2D eigenvalue weighted by atomic mass is 35.5. The van der Waals surface area contributed by atoms with Crippen molar-refractivity contribution >= 4 is 68.0 Å². The topological polar surface area (TPSA) is 139 Å². The Kier molecular flexibility index (Phi) is 13.0. The fourth-order valence-corrected chi connectivity index (χ4v) is 10.0. The monoisotopic (exact) mass is 955 g/mol. The van der Waals surface area contributed by atoms with Gasteiger partial charge in [-0.3, -0.25) is 9.69 Å². The number of nitrogens with zero attached hydrogens (tertiary/aromatic N) is 6. The molecule has 2 unspecified atom stereocenters. The normalized spacial score (nSPS) is 20.5. The van der Waals surface area contributed by atoms with E-state index >= 15 is 13.2 Å². The molecule has 13 nitrogen and oxygen atoms in total. The van der Waals surface area contributed by atoms with Crippen molar-refractivity contribution in [2.24, 2.45) is 0 Å². The molecule has 4 aromatic carbocycles. The first-order valence-electron chi connectivity index (χ1n) is 22.0. The van der Waals surface area contributed by atoms with Gasteiger partial charge in [-0.05, 0) is 73.7 Å². The lowest BCUT2D eigenvalue weighted by Crippen LogP contribution is -2.48. The summed E-state index contributed by atoms with van der Waals surface area (Å²) in [4.78, 5) is 33.9. The van der Waals surface area contributed by atoms with Gasteiger partial charge in [-0.1, -0.05) is 30.3 Å². The largest absolute Gasteiger partial charge is 0.495 e. The highest BCUT2D eigenvalue weighted by Gasteiger charge is 2.44. The van der Waals surface area contributed by atoms with Gasteiger partial charge in [0.05, 0.1) is 42.2 Å². The molecule has 2 bridgehead atoms. The Bertz CT molecular complexity index is 2910. The van der Waals surface area contributed by atoms with Crippen molar-refractivity contribution in [3.05, 3.63) is 120 Å². The predicted molar refractivity (Wildman–Crippen MR) is 250 cm³/mol. The summed E-state index contributed by atoms with van der Waals surface area (Å²) in [6.07, 6.45) is 4.55. The molecule has 0 spiro atoms. The summed E-state index contributed by atoms with van der Waals surface area (Å²) in [6, 6.07) is 12.3. The minimum Gasteiger partial charge on any atom is -0.495 e. The van der Waals surface area contributed by atoms with E-state index in [1.54, 1.807) is 36.4 Å². The molecule has 3 aliphatic rings. The number of halogens is 6. The average molecular weight is 956 g/mol. The second-order valence-electron chi connectivity index (χ2n) is 17.0. The molecular weight excluding hydrogens is 909 g/mol. The highest BCUT2D eigenvalue weighted by Crippen LogP contribution is 2.45. The minimum atomic E-state index is -4.74. The highest BCUT2D eigenvalue weighted by molar-refractivity contribution is 6.31. The number of alkyl halides is 3. The molecule has 9 rings (SSSR count). The van der Waals surface area contributed by atoms with Gasteiger partial charge in [-0.15, -0.1) is 6.58 Å². The molecule has 3 fully saturated rings. The SMILES string of the molecule is C=CCN1CC[C@H](Nc2cc3c(Nc4ccc(F)c(Cl)c4F)ncnc3cc2OC)CC1c1ccc(Nc2ncnc3cc(OC)c(OC4C[C@H]5CC[C@@H](C4)N5C(=O)C=C)cc23)cc1C(F)(F)F. The van der Waals surface area contributed by atoms with E-state index < -0.39 is 34.4 Å². The van der Waals surface area contributed by atoms with Crippen molar-refractivity contribution < 1.29 is 41.0 Å². The third kappa shape index (κ3) is 9.13. The fourth-order valence-electron chi connectivity index (χ4n) is 9.88. The lowest BCUT2D eigenvalue weighted by molar-refractivity contribution is -0.139. The van der Waals surface area contributed by atoms with Crippen molar-refractivity contribution in [3.63, 3.8) is 0 Å². The molecule has 354 valence electrons. The summed E-state index contributed by atoms with van der Waals surface area (Å²) in [5, 5.41) is 9.79. The molecule has 5 heterocycles. The maximum atomic E-state index is 15.3. The lowest BCUT2D eigenvalue weighted by Gasteiger charge is -2.41. The van der Waals surface area contributed by atoms with Crippen LogP contribution in [-0.4, -0.2) is 87.2 Å². The van der Waals surface area contributed by atoms with Gasteiger partial charge in [0.2, 0.25) is 5.91 Å². The first kappa shape index (κ1) is 46.3. The average Bonchev–Trinajstić information content (AvgIpc) is 3.60. The number of hydrogen-bond acceptors (Lipinski definition) is 12. The Morgan fingerprint density at radius 2 is 1.50 bits per heavy atom. The third-order valence-electron chi connectivity index (χ3n) is 13.0. The first-order valence-corrected chi connectivity index (χ1v) is 22.4. The van der Waals surface area contributed by atoms with E-state index in [1.165, 1.54) is 45.1 Å². The molecule has 0 saturated carbocycles. The third-order valence-corrected chi connectivity index (χ3v) is 13.3. The van der Waals surface area contributed by atoms with Crippen molar-refractivity contribution in [2.75, 3.05) is 43.3 Å². The number of ether oxygens (including phenoxy) is 3. The number of piperidine rings is 2. The second kappa shape index (κ2) is 19.1. The van der Waals surface area contributed by atoms with Crippen molar-refractivity contribution in [2.45, 2.75) is 75.0 Å². The van der Waals surface area contributed by atoms with Crippen molar-refractivity contribution in [1.29, 1.82) is 0 Å². The molecule has 19 heteroatoms. The van der Waals surface area contributed by atoms with Gasteiger partial charge in [0.15, 0.2) is 17.3 Å². The number of carbonyl (C=O) groups is 1. The second-order valence-corrected chi connectivity index (χ2v) is 17.4. The van der Waals surface area contributed by atoms with Gasteiger partial charge in [0.25, 0.3) is 0 Å². The molecule has 3 saturated heterocycles. The smallest absolute Gasteiger partial charge is 0.416 e. The van der Waals surface area contributed by atoms with Crippen LogP contribution in [0.1, 0.15) is 55.7 Å². The fraction of sp³-hybridized carbons (Fsp3) is 0.327. The van der Waals surface area contributed by atoms with Gasteiger partial charge in [0.1, 0.15) is 47.0 Å².